The molecule has 0 amide bonds. The van der Waals surface area contributed by atoms with E-state index in [4.69, 9.17) is 4.74 Å². The van der Waals surface area contributed by atoms with Crippen LogP contribution in [0.5, 0.6) is 5.06 Å². The fourth-order valence-corrected chi connectivity index (χ4v) is 4.24. The molecule has 0 aromatic carbocycles. The van der Waals surface area contributed by atoms with Crippen molar-refractivity contribution in [2.24, 2.45) is 23.7 Å². The average Bonchev–Trinajstić information content (AvgIpc) is 3.08. The number of hydrogen-bond donors (Lipinski definition) is 0. The molecule has 1 nitrogen and oxygen atoms in total. The van der Waals surface area contributed by atoms with Gasteiger partial charge in [0.15, 0.2) is 5.06 Å². The van der Waals surface area contributed by atoms with Crippen molar-refractivity contribution in [3.8, 4) is 5.06 Å². The molecule has 2 heteroatoms. The molecule has 0 fully saturated rings. The fraction of sp³-hybridized carbons (Fsp3) is 0.833. The highest BCUT2D eigenvalue weighted by molar-refractivity contribution is 7.11. The Balaban J connectivity index is 1.94. The van der Waals surface area contributed by atoms with Gasteiger partial charge < -0.3 is 4.74 Å². The van der Waals surface area contributed by atoms with Gasteiger partial charge in [-0.3, -0.25) is 0 Å². The Labute approximate surface area is 167 Å². The molecule has 0 radical (unpaired) electrons. The van der Waals surface area contributed by atoms with Crippen LogP contribution in [0.1, 0.15) is 98.8 Å². The number of ether oxygens (including phenoxy) is 1. The Morgan fingerprint density at radius 1 is 0.731 bits per heavy atom. The van der Waals surface area contributed by atoms with E-state index in [1.54, 1.807) is 11.3 Å². The maximum absolute atomic E-state index is 5.78. The molecule has 0 bridgehead atoms. The molecule has 1 rings (SSSR count). The van der Waals surface area contributed by atoms with Crippen LogP contribution in [-0.4, -0.2) is 6.61 Å². The lowest BCUT2D eigenvalue weighted by Gasteiger charge is -2.16. The highest BCUT2D eigenvalue weighted by Gasteiger charge is 2.08. The molecule has 1 aromatic rings. The zero-order valence-electron chi connectivity index (χ0n) is 18.1. The highest BCUT2D eigenvalue weighted by Crippen LogP contribution is 2.23. The van der Waals surface area contributed by atoms with Gasteiger partial charge in [0.25, 0.3) is 0 Å². The minimum absolute atomic E-state index is 0.781. The molecule has 152 valence electrons. The van der Waals surface area contributed by atoms with Gasteiger partial charge in [0.2, 0.25) is 0 Å². The molecule has 3 atom stereocenters. The monoisotopic (exact) mass is 380 g/mol. The van der Waals surface area contributed by atoms with E-state index >= 15 is 0 Å². The first kappa shape index (κ1) is 23.5. The van der Waals surface area contributed by atoms with Crippen molar-refractivity contribution in [1.29, 1.82) is 0 Å². The molecule has 1 aromatic heterocycles. The van der Waals surface area contributed by atoms with Gasteiger partial charge in [0.05, 0.1) is 6.61 Å². The van der Waals surface area contributed by atoms with Gasteiger partial charge in [-0.1, -0.05) is 92.4 Å². The van der Waals surface area contributed by atoms with Gasteiger partial charge in [-0.15, -0.1) is 11.3 Å². The van der Waals surface area contributed by atoms with E-state index in [1.165, 1.54) is 64.2 Å². The Hall–Kier alpha value is -0.500. The summed E-state index contributed by atoms with van der Waals surface area (Å²) in [7, 11) is 0. The number of rotatable bonds is 16. The van der Waals surface area contributed by atoms with E-state index in [-0.39, 0.29) is 0 Å². The lowest BCUT2D eigenvalue weighted by Crippen LogP contribution is -2.05. The van der Waals surface area contributed by atoms with Crippen molar-refractivity contribution in [3.05, 3.63) is 17.5 Å². The maximum Gasteiger partial charge on any atom is 0.173 e. The normalized spacial score (nSPS) is 15.2. The maximum atomic E-state index is 5.78. The van der Waals surface area contributed by atoms with Crippen LogP contribution in [0.2, 0.25) is 0 Å². The zero-order chi connectivity index (χ0) is 19.2. The summed E-state index contributed by atoms with van der Waals surface area (Å²) < 4.78 is 5.78. The third-order valence-electron chi connectivity index (χ3n) is 5.62. The summed E-state index contributed by atoms with van der Waals surface area (Å²) in [5, 5.41) is 3.14. The van der Waals surface area contributed by atoms with Gasteiger partial charge in [-0.2, -0.15) is 0 Å². The van der Waals surface area contributed by atoms with E-state index in [0.717, 1.165) is 35.3 Å². The summed E-state index contributed by atoms with van der Waals surface area (Å²) in [5.41, 5.74) is 0. The minimum Gasteiger partial charge on any atom is -0.484 e. The van der Waals surface area contributed by atoms with Gasteiger partial charge in [0.1, 0.15) is 0 Å². The van der Waals surface area contributed by atoms with Crippen LogP contribution >= 0.6 is 11.3 Å². The van der Waals surface area contributed by atoms with Crippen LogP contribution in [0.25, 0.3) is 0 Å². The van der Waals surface area contributed by atoms with E-state index in [0.29, 0.717) is 0 Å². The van der Waals surface area contributed by atoms with Gasteiger partial charge in [-0.25, -0.2) is 0 Å². The first-order chi connectivity index (χ1) is 12.5. The summed E-state index contributed by atoms with van der Waals surface area (Å²) in [6.07, 6.45) is 13.8. The molecule has 1 heterocycles. The van der Waals surface area contributed by atoms with Crippen molar-refractivity contribution in [2.75, 3.05) is 6.61 Å². The van der Waals surface area contributed by atoms with E-state index in [9.17, 15) is 0 Å². The van der Waals surface area contributed by atoms with Crippen LogP contribution in [0.15, 0.2) is 17.5 Å². The largest absolute Gasteiger partial charge is 0.484 e. The molecule has 26 heavy (non-hydrogen) atoms. The predicted octanol–water partition coefficient (Wildman–Crippen LogP) is 8.59. The highest BCUT2D eigenvalue weighted by atomic mass is 32.1. The Bertz CT molecular complexity index is 412. The molecule has 0 saturated carbocycles. The van der Waals surface area contributed by atoms with Crippen LogP contribution in [0.3, 0.4) is 0 Å². The molecule has 0 aliphatic heterocycles. The van der Waals surface area contributed by atoms with Crippen molar-refractivity contribution in [3.63, 3.8) is 0 Å². The summed E-state index contributed by atoms with van der Waals surface area (Å²) in [5.74, 6) is 3.46. The second-order valence-corrected chi connectivity index (χ2v) is 9.98. The lowest BCUT2D eigenvalue weighted by molar-refractivity contribution is 0.281. The van der Waals surface area contributed by atoms with E-state index < -0.39 is 0 Å². The smallest absolute Gasteiger partial charge is 0.173 e. The van der Waals surface area contributed by atoms with Crippen molar-refractivity contribution < 1.29 is 4.74 Å². The van der Waals surface area contributed by atoms with Crippen LogP contribution < -0.4 is 4.74 Å². The van der Waals surface area contributed by atoms with Crippen molar-refractivity contribution in [1.82, 2.24) is 0 Å². The molecule has 0 aliphatic rings. The Morgan fingerprint density at radius 2 is 1.23 bits per heavy atom. The van der Waals surface area contributed by atoms with E-state index in [2.05, 4.69) is 52.1 Å². The molecule has 0 aliphatic carbocycles. The minimum atomic E-state index is 0.781. The van der Waals surface area contributed by atoms with Gasteiger partial charge in [-0.05, 0) is 47.6 Å². The lowest BCUT2D eigenvalue weighted by atomic mass is 9.91. The van der Waals surface area contributed by atoms with Crippen LogP contribution in [0.4, 0.5) is 0 Å². The van der Waals surface area contributed by atoms with Gasteiger partial charge in [0, 0.05) is 0 Å². The first-order valence-corrected chi connectivity index (χ1v) is 12.0. The quantitative estimate of drug-likeness (QED) is 0.279. The number of thiophene rings is 1. The van der Waals surface area contributed by atoms with E-state index in [1.807, 2.05) is 0 Å². The first-order valence-electron chi connectivity index (χ1n) is 11.1. The fourth-order valence-electron chi connectivity index (χ4n) is 3.64. The summed E-state index contributed by atoms with van der Waals surface area (Å²) in [6.45, 7) is 12.8. The molecule has 0 spiro atoms. The molecule has 0 N–H and O–H groups in total. The van der Waals surface area contributed by atoms with Crippen LogP contribution in [-0.2, 0) is 0 Å². The Morgan fingerprint density at radius 3 is 1.69 bits per heavy atom. The van der Waals surface area contributed by atoms with Crippen molar-refractivity contribution >= 4 is 11.3 Å². The number of hydrogen-bond acceptors (Lipinski definition) is 2. The molecular weight excluding hydrogens is 336 g/mol. The SMILES string of the molecule is CC(C)CCCC(C)CCCC(C)CCCC(C)CCOc1cccs1. The standard InChI is InChI=1S/C24H44OS/c1-20(2)10-6-11-21(3)12-7-13-22(4)14-8-15-23(5)17-18-25-24-16-9-19-26-24/h9,16,19-23H,6-8,10-15,17-18H2,1-5H3. The second-order valence-electron chi connectivity index (χ2n) is 9.07. The van der Waals surface area contributed by atoms with Gasteiger partial charge >= 0.3 is 0 Å². The third-order valence-corrected chi connectivity index (χ3v) is 6.40. The summed E-state index contributed by atoms with van der Waals surface area (Å²) in [6, 6.07) is 4.11. The molecule has 3 unspecified atom stereocenters. The average molecular weight is 381 g/mol. The predicted molar refractivity (Wildman–Crippen MR) is 118 cm³/mol. The molecule has 0 saturated heterocycles. The second kappa shape index (κ2) is 14.5. The van der Waals surface area contributed by atoms with Crippen molar-refractivity contribution in [2.45, 2.75) is 98.8 Å². The summed E-state index contributed by atoms with van der Waals surface area (Å²) in [4.78, 5) is 0. The molecular formula is C24H44OS. The topological polar surface area (TPSA) is 9.23 Å². The zero-order valence-corrected chi connectivity index (χ0v) is 19.0. The summed E-state index contributed by atoms with van der Waals surface area (Å²) >= 11 is 1.69. The third kappa shape index (κ3) is 12.8. The Kier molecular flexibility index (Phi) is 13.2. The van der Waals surface area contributed by atoms with Crippen LogP contribution in [0, 0.1) is 23.7 Å².